The van der Waals surface area contributed by atoms with Crippen molar-refractivity contribution in [3.63, 3.8) is 0 Å². The number of carbonyl (C=O) groups is 2. The molecule has 0 unspecified atom stereocenters. The summed E-state index contributed by atoms with van der Waals surface area (Å²) in [5.41, 5.74) is 3.41. The summed E-state index contributed by atoms with van der Waals surface area (Å²) in [6, 6.07) is 18.1. The Balaban J connectivity index is 1.64. The van der Waals surface area contributed by atoms with Gasteiger partial charge in [0, 0.05) is 5.56 Å². The number of esters is 1. The molecule has 0 aliphatic heterocycles. The van der Waals surface area contributed by atoms with Crippen LogP contribution in [0.3, 0.4) is 0 Å². The zero-order valence-electron chi connectivity index (χ0n) is 17.6. The van der Waals surface area contributed by atoms with Gasteiger partial charge in [-0.1, -0.05) is 29.8 Å². The highest BCUT2D eigenvalue weighted by atomic mass is 16.5. The van der Waals surface area contributed by atoms with Crippen LogP contribution in [0.5, 0.6) is 0 Å². The number of methoxy groups -OCH3 is 1. The normalized spacial score (nSPS) is 12.0. The highest BCUT2D eigenvalue weighted by molar-refractivity contribution is 5.94. The molecule has 4 aromatic rings. The molecule has 2 heterocycles. The van der Waals surface area contributed by atoms with Gasteiger partial charge >= 0.3 is 5.97 Å². The first kappa shape index (κ1) is 20.4. The molecule has 1 N–H and O–H groups in total. The molecule has 2 aromatic carbocycles. The quantitative estimate of drug-likeness (QED) is 0.474. The summed E-state index contributed by atoms with van der Waals surface area (Å²) >= 11 is 0. The molecule has 0 aliphatic rings. The number of nitrogens with one attached hydrogen (secondary N) is 1. The Morgan fingerprint density at radius 2 is 1.84 bits per heavy atom. The van der Waals surface area contributed by atoms with E-state index in [1.807, 2.05) is 54.8 Å². The molecule has 0 fully saturated rings. The van der Waals surface area contributed by atoms with Crippen LogP contribution < -0.4 is 5.32 Å². The molecule has 4 rings (SSSR count). The van der Waals surface area contributed by atoms with Crippen molar-refractivity contribution >= 4 is 22.9 Å². The van der Waals surface area contributed by atoms with Crippen LogP contribution in [0.4, 0.5) is 0 Å². The first-order valence-electron chi connectivity index (χ1n) is 9.96. The molecule has 0 saturated heterocycles. The van der Waals surface area contributed by atoms with Gasteiger partial charge in [-0.05, 0) is 50.2 Å². The smallest absolute Gasteiger partial charge is 0.373 e. The van der Waals surface area contributed by atoms with E-state index in [4.69, 9.17) is 14.1 Å². The number of para-hydroxylation sites is 2. The van der Waals surface area contributed by atoms with Crippen molar-refractivity contribution in [1.29, 1.82) is 0 Å². The van der Waals surface area contributed by atoms with Gasteiger partial charge in [-0.15, -0.1) is 0 Å². The third-order valence-electron chi connectivity index (χ3n) is 5.09. The van der Waals surface area contributed by atoms with Gasteiger partial charge in [-0.2, -0.15) is 0 Å². The second-order valence-corrected chi connectivity index (χ2v) is 7.36. The molecule has 0 spiro atoms. The third kappa shape index (κ3) is 4.21. The number of benzene rings is 2. The minimum absolute atomic E-state index is 0.143. The van der Waals surface area contributed by atoms with E-state index in [0.29, 0.717) is 23.7 Å². The average Bonchev–Trinajstić information content (AvgIpc) is 3.39. The first-order valence-corrected chi connectivity index (χ1v) is 9.96. The Morgan fingerprint density at radius 1 is 1.10 bits per heavy atom. The Hall–Kier alpha value is -3.87. The summed E-state index contributed by atoms with van der Waals surface area (Å²) in [4.78, 5) is 29.2. The van der Waals surface area contributed by atoms with E-state index in [2.05, 4.69) is 5.32 Å². The topological polar surface area (TPSA) is 86.4 Å². The van der Waals surface area contributed by atoms with Crippen LogP contribution in [0, 0.1) is 6.92 Å². The Labute approximate surface area is 179 Å². The van der Waals surface area contributed by atoms with Crippen molar-refractivity contribution in [3.8, 4) is 0 Å². The number of carbonyl (C=O) groups excluding carboxylic acids is 2. The number of furan rings is 1. The van der Waals surface area contributed by atoms with Crippen molar-refractivity contribution < 1.29 is 18.7 Å². The van der Waals surface area contributed by atoms with Crippen LogP contribution >= 0.6 is 0 Å². The maximum atomic E-state index is 12.7. The van der Waals surface area contributed by atoms with Crippen molar-refractivity contribution in [2.24, 2.45) is 0 Å². The van der Waals surface area contributed by atoms with Gasteiger partial charge in [0.25, 0.3) is 5.91 Å². The number of aromatic nitrogens is 2. The zero-order chi connectivity index (χ0) is 22.0. The van der Waals surface area contributed by atoms with Crippen LogP contribution in [0.25, 0.3) is 11.0 Å². The minimum atomic E-state index is -0.527. The van der Waals surface area contributed by atoms with Gasteiger partial charge in [0.1, 0.15) is 11.6 Å². The van der Waals surface area contributed by atoms with E-state index in [1.165, 1.54) is 7.11 Å². The van der Waals surface area contributed by atoms with Gasteiger partial charge in [0.15, 0.2) is 0 Å². The lowest BCUT2D eigenvalue weighted by Crippen LogP contribution is -2.28. The van der Waals surface area contributed by atoms with Gasteiger partial charge < -0.3 is 19.0 Å². The maximum absolute atomic E-state index is 12.7. The SMILES string of the molecule is COC(=O)c1ccc(Cn2c([C@@H](C)NC(=O)c3ccc(C)cc3)nc3ccccc32)o1. The molecule has 2 aromatic heterocycles. The lowest BCUT2D eigenvalue weighted by molar-refractivity contribution is 0.0562. The predicted molar refractivity (Wildman–Crippen MR) is 116 cm³/mol. The molecule has 0 saturated carbocycles. The molecule has 31 heavy (non-hydrogen) atoms. The van der Waals surface area contributed by atoms with Crippen molar-refractivity contribution in [2.45, 2.75) is 26.4 Å². The molecular weight excluding hydrogens is 394 g/mol. The number of ether oxygens (including phenoxy) is 1. The number of hydrogen-bond acceptors (Lipinski definition) is 5. The number of imidazole rings is 1. The molecule has 158 valence electrons. The summed E-state index contributed by atoms with van der Waals surface area (Å²) in [5.74, 6) is 0.724. The fourth-order valence-corrected chi connectivity index (χ4v) is 3.47. The fraction of sp³-hybridized carbons (Fsp3) is 0.208. The number of nitrogens with zero attached hydrogens (tertiary/aromatic N) is 2. The van der Waals surface area contributed by atoms with Crippen molar-refractivity contribution in [3.05, 3.63) is 89.1 Å². The lowest BCUT2D eigenvalue weighted by Gasteiger charge is -2.16. The number of amides is 1. The monoisotopic (exact) mass is 417 g/mol. The van der Waals surface area contributed by atoms with E-state index >= 15 is 0 Å². The highest BCUT2D eigenvalue weighted by Gasteiger charge is 2.20. The first-order chi connectivity index (χ1) is 15.0. The van der Waals surface area contributed by atoms with Crippen LogP contribution in [0.1, 0.15) is 51.0 Å². The Bertz CT molecular complexity index is 1240. The summed E-state index contributed by atoms with van der Waals surface area (Å²) in [7, 11) is 1.31. The summed E-state index contributed by atoms with van der Waals surface area (Å²) < 4.78 is 12.3. The highest BCUT2D eigenvalue weighted by Crippen LogP contribution is 2.23. The molecule has 1 amide bonds. The number of fused-ring (bicyclic) bond motifs is 1. The number of rotatable bonds is 6. The van der Waals surface area contributed by atoms with Crippen LogP contribution in [-0.4, -0.2) is 28.5 Å². The molecule has 7 heteroatoms. The third-order valence-corrected chi connectivity index (χ3v) is 5.09. The molecule has 1 atom stereocenters. The van der Waals surface area contributed by atoms with Crippen LogP contribution in [-0.2, 0) is 11.3 Å². The van der Waals surface area contributed by atoms with Gasteiger partial charge in [-0.3, -0.25) is 4.79 Å². The van der Waals surface area contributed by atoms with Gasteiger partial charge in [-0.25, -0.2) is 9.78 Å². The van der Waals surface area contributed by atoms with Crippen LogP contribution in [0.15, 0.2) is 65.1 Å². The average molecular weight is 417 g/mol. The van der Waals surface area contributed by atoms with E-state index in [-0.39, 0.29) is 17.7 Å². The fourth-order valence-electron chi connectivity index (χ4n) is 3.47. The van der Waals surface area contributed by atoms with Crippen LogP contribution in [0.2, 0.25) is 0 Å². The zero-order valence-corrected chi connectivity index (χ0v) is 17.6. The Kier molecular flexibility index (Phi) is 5.58. The molecule has 0 aliphatic carbocycles. The summed E-state index contributed by atoms with van der Waals surface area (Å²) in [5, 5.41) is 3.02. The number of aryl methyl sites for hydroxylation is 1. The minimum Gasteiger partial charge on any atom is -0.463 e. The predicted octanol–water partition coefficient (Wildman–Crippen LogP) is 4.26. The second kappa shape index (κ2) is 8.47. The molecule has 7 nitrogen and oxygen atoms in total. The van der Waals surface area contributed by atoms with Gasteiger partial charge in [0.05, 0.1) is 30.7 Å². The molecule has 0 bridgehead atoms. The maximum Gasteiger partial charge on any atom is 0.373 e. The largest absolute Gasteiger partial charge is 0.463 e. The van der Waals surface area contributed by atoms with Gasteiger partial charge in [0.2, 0.25) is 5.76 Å². The van der Waals surface area contributed by atoms with E-state index in [9.17, 15) is 9.59 Å². The molecule has 0 radical (unpaired) electrons. The van der Waals surface area contributed by atoms with E-state index < -0.39 is 5.97 Å². The summed E-state index contributed by atoms with van der Waals surface area (Å²) in [6.07, 6.45) is 0. The van der Waals surface area contributed by atoms with E-state index in [1.54, 1.807) is 24.3 Å². The number of hydrogen-bond donors (Lipinski definition) is 1. The summed E-state index contributed by atoms with van der Waals surface area (Å²) in [6.45, 7) is 4.23. The van der Waals surface area contributed by atoms with Crippen molar-refractivity contribution in [1.82, 2.24) is 14.9 Å². The van der Waals surface area contributed by atoms with Crippen molar-refractivity contribution in [2.75, 3.05) is 7.11 Å². The lowest BCUT2D eigenvalue weighted by atomic mass is 10.1. The standard InChI is InChI=1S/C24H23N3O4/c1-15-8-10-17(11-9-15)23(28)25-16(2)22-26-19-6-4-5-7-20(19)27(22)14-18-12-13-21(31-18)24(29)30-3/h4-13,16H,14H2,1-3H3,(H,25,28)/t16-/m1/s1. The molecular formula is C24H23N3O4. The second-order valence-electron chi connectivity index (χ2n) is 7.36. The van der Waals surface area contributed by atoms with E-state index in [0.717, 1.165) is 16.6 Å². The Morgan fingerprint density at radius 3 is 2.58 bits per heavy atom.